The first kappa shape index (κ1) is 22.3. The zero-order chi connectivity index (χ0) is 23.4. The van der Waals surface area contributed by atoms with Crippen LogP contribution in [0.2, 0.25) is 0 Å². The van der Waals surface area contributed by atoms with Crippen LogP contribution in [-0.4, -0.2) is 15.7 Å². The van der Waals surface area contributed by atoms with Gasteiger partial charge < -0.3 is 10.1 Å². The van der Waals surface area contributed by atoms with E-state index in [2.05, 4.69) is 5.32 Å². The molecule has 0 radical (unpaired) electrons. The Morgan fingerprint density at radius 1 is 0.970 bits per heavy atom. The molecule has 3 aromatic carbocycles. The highest BCUT2D eigenvalue weighted by molar-refractivity contribution is 5.91. The molecule has 5 nitrogen and oxygen atoms in total. The summed E-state index contributed by atoms with van der Waals surface area (Å²) in [6.07, 6.45) is 0.568. The van der Waals surface area contributed by atoms with Gasteiger partial charge in [-0.1, -0.05) is 48.0 Å². The molecule has 0 spiro atoms. The molecule has 1 amide bonds. The molecule has 0 unspecified atom stereocenters. The lowest BCUT2D eigenvalue weighted by Crippen LogP contribution is -2.13. The third-order valence-electron chi connectivity index (χ3n) is 5.47. The lowest BCUT2D eigenvalue weighted by atomic mass is 10.1. The van der Waals surface area contributed by atoms with Crippen molar-refractivity contribution in [2.24, 2.45) is 0 Å². The van der Waals surface area contributed by atoms with Gasteiger partial charge in [-0.2, -0.15) is 9.78 Å². The number of carbonyl (C=O) groups excluding carboxylic acids is 1. The molecule has 1 heterocycles. The van der Waals surface area contributed by atoms with Crippen molar-refractivity contribution >= 4 is 11.6 Å². The van der Waals surface area contributed by atoms with E-state index in [0.717, 1.165) is 28.1 Å². The summed E-state index contributed by atoms with van der Waals surface area (Å²) in [5, 5.41) is 7.37. The minimum absolute atomic E-state index is 0.166. The minimum Gasteiger partial charge on any atom is -0.439 e. The maximum absolute atomic E-state index is 13.9. The lowest BCUT2D eigenvalue weighted by Gasteiger charge is -2.13. The Labute approximate surface area is 192 Å². The summed E-state index contributed by atoms with van der Waals surface area (Å²) in [7, 11) is 0. The summed E-state index contributed by atoms with van der Waals surface area (Å²) in [5.74, 6) is 0.527. The molecule has 0 saturated carbocycles. The molecule has 4 rings (SSSR count). The molecule has 0 atom stereocenters. The van der Waals surface area contributed by atoms with Gasteiger partial charge in [0.15, 0.2) is 0 Å². The van der Waals surface area contributed by atoms with Crippen LogP contribution in [0, 0.1) is 26.6 Å². The topological polar surface area (TPSA) is 56.1 Å². The number of halogens is 1. The average molecular weight is 444 g/mol. The van der Waals surface area contributed by atoms with Crippen LogP contribution < -0.4 is 10.1 Å². The second-order valence-corrected chi connectivity index (χ2v) is 8.01. The average Bonchev–Trinajstić information content (AvgIpc) is 3.10. The third-order valence-corrected chi connectivity index (χ3v) is 5.47. The summed E-state index contributed by atoms with van der Waals surface area (Å²) in [4.78, 5) is 12.5. The van der Waals surface area contributed by atoms with Crippen LogP contribution >= 0.6 is 0 Å². The second kappa shape index (κ2) is 9.69. The maximum Gasteiger partial charge on any atom is 0.226 e. The standard InChI is InChI=1S/C27H26FN3O2/c1-18-12-14-21(15-13-18)33-27-22(16-17-26(32)29-24-10-6-5-9-23(24)28)20(3)30-31(27)25-11-7-4-8-19(25)2/h4-15H,16-17H2,1-3H3,(H,29,32). The molecule has 4 aromatic rings. The molecule has 1 N–H and O–H groups in total. The molecule has 0 aliphatic rings. The number of nitrogens with one attached hydrogen (secondary N) is 1. The molecule has 0 aliphatic carbocycles. The van der Waals surface area contributed by atoms with Crippen LogP contribution in [0.1, 0.15) is 28.8 Å². The van der Waals surface area contributed by atoms with Gasteiger partial charge in [0.25, 0.3) is 0 Å². The number of aromatic nitrogens is 2. The molecular weight excluding hydrogens is 417 g/mol. The number of hydrogen-bond acceptors (Lipinski definition) is 3. The summed E-state index contributed by atoms with van der Waals surface area (Å²) >= 11 is 0. The van der Waals surface area contributed by atoms with Gasteiger partial charge >= 0.3 is 0 Å². The van der Waals surface area contributed by atoms with E-state index in [1.807, 2.05) is 69.3 Å². The molecule has 168 valence electrons. The van der Waals surface area contributed by atoms with E-state index in [1.54, 1.807) is 22.9 Å². The number of amides is 1. The van der Waals surface area contributed by atoms with E-state index in [-0.39, 0.29) is 18.0 Å². The van der Waals surface area contributed by atoms with E-state index in [9.17, 15) is 9.18 Å². The lowest BCUT2D eigenvalue weighted by molar-refractivity contribution is -0.116. The van der Waals surface area contributed by atoms with Gasteiger partial charge in [0.1, 0.15) is 11.6 Å². The van der Waals surface area contributed by atoms with Gasteiger partial charge in [-0.3, -0.25) is 4.79 Å². The van der Waals surface area contributed by atoms with Crippen molar-refractivity contribution in [1.82, 2.24) is 9.78 Å². The fourth-order valence-corrected chi connectivity index (χ4v) is 3.63. The highest BCUT2D eigenvalue weighted by Gasteiger charge is 2.21. The number of anilines is 1. The van der Waals surface area contributed by atoms with Gasteiger partial charge in [0, 0.05) is 12.0 Å². The normalized spacial score (nSPS) is 10.8. The molecule has 1 aromatic heterocycles. The Morgan fingerprint density at radius 3 is 2.39 bits per heavy atom. The molecule has 0 bridgehead atoms. The maximum atomic E-state index is 13.9. The monoisotopic (exact) mass is 443 g/mol. The van der Waals surface area contributed by atoms with E-state index in [0.29, 0.717) is 18.1 Å². The zero-order valence-electron chi connectivity index (χ0n) is 18.9. The Morgan fingerprint density at radius 2 is 1.67 bits per heavy atom. The van der Waals surface area contributed by atoms with E-state index in [4.69, 9.17) is 9.84 Å². The van der Waals surface area contributed by atoms with Crippen molar-refractivity contribution in [2.45, 2.75) is 33.6 Å². The van der Waals surface area contributed by atoms with Gasteiger partial charge in [-0.25, -0.2) is 4.39 Å². The van der Waals surface area contributed by atoms with E-state index >= 15 is 0 Å². The molecule has 6 heteroatoms. The van der Waals surface area contributed by atoms with Crippen molar-refractivity contribution in [3.63, 3.8) is 0 Å². The predicted octanol–water partition coefficient (Wildman–Crippen LogP) is 6.30. The number of hydrogen-bond donors (Lipinski definition) is 1. The van der Waals surface area contributed by atoms with E-state index in [1.165, 1.54) is 6.07 Å². The Hall–Kier alpha value is -3.93. The van der Waals surface area contributed by atoms with Gasteiger partial charge in [0.2, 0.25) is 11.8 Å². The molecular formula is C27H26FN3O2. The predicted molar refractivity (Wildman–Crippen MR) is 128 cm³/mol. The number of nitrogens with zero attached hydrogens (tertiary/aromatic N) is 2. The highest BCUT2D eigenvalue weighted by atomic mass is 19.1. The third kappa shape index (κ3) is 5.12. The first-order valence-electron chi connectivity index (χ1n) is 10.9. The van der Waals surface area contributed by atoms with Crippen molar-refractivity contribution in [2.75, 3.05) is 5.32 Å². The minimum atomic E-state index is -0.460. The Bertz CT molecular complexity index is 1280. The number of para-hydroxylation sites is 2. The van der Waals surface area contributed by atoms with Crippen LogP contribution in [0.25, 0.3) is 5.69 Å². The number of aryl methyl sites for hydroxylation is 3. The second-order valence-electron chi connectivity index (χ2n) is 8.01. The number of carbonyl (C=O) groups is 1. The first-order valence-corrected chi connectivity index (χ1v) is 10.9. The zero-order valence-corrected chi connectivity index (χ0v) is 18.9. The molecule has 0 aliphatic heterocycles. The summed E-state index contributed by atoms with van der Waals surface area (Å²) in [6, 6.07) is 21.9. The van der Waals surface area contributed by atoms with Gasteiger partial charge in [0.05, 0.1) is 17.1 Å². The summed E-state index contributed by atoms with van der Waals surface area (Å²) in [5.41, 5.74) is 4.88. The molecule has 0 saturated heterocycles. The van der Waals surface area contributed by atoms with Crippen LogP contribution in [0.15, 0.2) is 72.8 Å². The molecule has 0 fully saturated rings. The largest absolute Gasteiger partial charge is 0.439 e. The van der Waals surface area contributed by atoms with Crippen LogP contribution in [0.4, 0.5) is 10.1 Å². The first-order chi connectivity index (χ1) is 15.9. The fraction of sp³-hybridized carbons (Fsp3) is 0.185. The fourth-order valence-electron chi connectivity index (χ4n) is 3.63. The number of rotatable bonds is 7. The van der Waals surface area contributed by atoms with Crippen molar-refractivity contribution in [3.8, 4) is 17.3 Å². The van der Waals surface area contributed by atoms with Crippen LogP contribution in [0.5, 0.6) is 11.6 Å². The van der Waals surface area contributed by atoms with Crippen molar-refractivity contribution < 1.29 is 13.9 Å². The Kier molecular flexibility index (Phi) is 6.54. The van der Waals surface area contributed by atoms with Crippen LogP contribution in [-0.2, 0) is 11.2 Å². The number of benzene rings is 3. The van der Waals surface area contributed by atoms with E-state index < -0.39 is 5.82 Å². The van der Waals surface area contributed by atoms with Gasteiger partial charge in [-0.05, 0) is 63.1 Å². The SMILES string of the molecule is Cc1ccc(Oc2c(CCC(=O)Nc3ccccc3F)c(C)nn2-c2ccccc2C)cc1. The van der Waals surface area contributed by atoms with Crippen LogP contribution in [0.3, 0.4) is 0 Å². The van der Waals surface area contributed by atoms with Crippen molar-refractivity contribution in [3.05, 3.63) is 101 Å². The quantitative estimate of drug-likeness (QED) is 0.365. The summed E-state index contributed by atoms with van der Waals surface area (Å²) < 4.78 is 22.0. The number of ether oxygens (including phenoxy) is 1. The summed E-state index contributed by atoms with van der Waals surface area (Å²) in [6.45, 7) is 5.94. The Balaban J connectivity index is 1.63. The molecule has 33 heavy (non-hydrogen) atoms. The van der Waals surface area contributed by atoms with Gasteiger partial charge in [-0.15, -0.1) is 0 Å². The highest BCUT2D eigenvalue weighted by Crippen LogP contribution is 2.32. The smallest absolute Gasteiger partial charge is 0.226 e. The van der Waals surface area contributed by atoms with Crippen molar-refractivity contribution in [1.29, 1.82) is 0 Å².